The lowest BCUT2D eigenvalue weighted by molar-refractivity contribution is -0.359. The van der Waals surface area contributed by atoms with Crippen LogP contribution in [-0.2, 0) is 24.8 Å². The summed E-state index contributed by atoms with van der Waals surface area (Å²) in [6.07, 6.45) is 5.99. The third-order valence-electron chi connectivity index (χ3n) is 9.18. The van der Waals surface area contributed by atoms with E-state index in [0.29, 0.717) is 24.5 Å². The fourth-order valence-electron chi connectivity index (χ4n) is 7.21. The number of hydrogen-bond donors (Lipinski definition) is 1. The highest BCUT2D eigenvalue weighted by Crippen LogP contribution is 2.64. The van der Waals surface area contributed by atoms with E-state index in [4.69, 9.17) is 14.2 Å². The molecule has 4 fully saturated rings. The molecule has 2 aliphatic carbocycles. The van der Waals surface area contributed by atoms with E-state index < -0.39 is 17.9 Å². The second-order valence-electron chi connectivity index (χ2n) is 11.1. The van der Waals surface area contributed by atoms with E-state index >= 15 is 0 Å². The predicted octanol–water partition coefficient (Wildman–Crippen LogP) is 4.90. The first-order chi connectivity index (χ1) is 15.7. The van der Waals surface area contributed by atoms with E-state index in [1.165, 1.54) is 5.57 Å². The van der Waals surface area contributed by atoms with Crippen LogP contribution in [0.5, 0.6) is 0 Å². The Balaban J connectivity index is 1.40. The molecule has 2 heterocycles. The Morgan fingerprint density at radius 2 is 1.91 bits per heavy atom. The van der Waals surface area contributed by atoms with E-state index in [1.54, 1.807) is 0 Å². The second-order valence-corrected chi connectivity index (χ2v) is 11.1. The largest absolute Gasteiger partial charge is 0.459 e. The zero-order valence-electron chi connectivity index (χ0n) is 20.0. The lowest BCUT2D eigenvalue weighted by Crippen LogP contribution is -2.62. The van der Waals surface area contributed by atoms with Gasteiger partial charge in [-0.05, 0) is 56.3 Å². The maximum atomic E-state index is 12.0. The van der Waals surface area contributed by atoms with Gasteiger partial charge in [-0.2, -0.15) is 0 Å². The smallest absolute Gasteiger partial charge is 0.336 e. The van der Waals surface area contributed by atoms with Crippen molar-refractivity contribution in [3.8, 4) is 0 Å². The van der Waals surface area contributed by atoms with Crippen molar-refractivity contribution in [3.63, 3.8) is 0 Å². The van der Waals surface area contributed by atoms with Gasteiger partial charge in [-0.15, -0.1) is 0 Å². The summed E-state index contributed by atoms with van der Waals surface area (Å²) in [5, 5.41) is 10.1. The van der Waals surface area contributed by atoms with Crippen LogP contribution in [0.15, 0.2) is 54.1 Å². The lowest BCUT2D eigenvalue weighted by Gasteiger charge is -2.63. The van der Waals surface area contributed by atoms with Crippen molar-refractivity contribution in [2.45, 2.75) is 70.9 Å². The number of cyclic esters (lactones) is 1. The predicted molar refractivity (Wildman–Crippen MR) is 125 cm³/mol. The molecule has 1 N–H and O–H groups in total. The van der Waals surface area contributed by atoms with Crippen molar-refractivity contribution in [2.75, 3.05) is 13.2 Å². The van der Waals surface area contributed by atoms with Gasteiger partial charge in [0, 0.05) is 11.0 Å². The number of ether oxygens (including phenoxy) is 3. The monoisotopic (exact) mass is 452 g/mol. The molecule has 1 aromatic rings. The number of aliphatic hydroxyl groups excluding tert-OH is 1. The number of benzene rings is 1. The average molecular weight is 453 g/mol. The van der Waals surface area contributed by atoms with Crippen molar-refractivity contribution >= 4 is 5.97 Å². The minimum Gasteiger partial charge on any atom is -0.459 e. The third-order valence-corrected chi connectivity index (χ3v) is 9.18. The zero-order valence-corrected chi connectivity index (χ0v) is 20.0. The van der Waals surface area contributed by atoms with E-state index in [0.717, 1.165) is 31.2 Å². The Kier molecular flexibility index (Phi) is 5.58. The van der Waals surface area contributed by atoms with Crippen LogP contribution in [0.4, 0.5) is 0 Å². The molecule has 4 aliphatic rings. The highest BCUT2D eigenvalue weighted by Gasteiger charge is 2.61. The fraction of sp³-hybridized carbons (Fsp3) is 0.607. The SMILES string of the molecule is C=C1CCC2[C@]3(C)CO[C@](C)(c4ccccc4)O[C@@H]3CC[C@]2(C)[C@H]1C/C=C1/C(=O)OC[C@H]1O. The van der Waals surface area contributed by atoms with Crippen LogP contribution < -0.4 is 0 Å². The van der Waals surface area contributed by atoms with Gasteiger partial charge in [0.2, 0.25) is 0 Å². The summed E-state index contributed by atoms with van der Waals surface area (Å²) >= 11 is 0. The quantitative estimate of drug-likeness (QED) is 0.402. The normalized spacial score (nSPS) is 44.3. The Bertz CT molecular complexity index is 970. The molecule has 2 aliphatic heterocycles. The van der Waals surface area contributed by atoms with Crippen LogP contribution >= 0.6 is 0 Å². The minimum absolute atomic E-state index is 0.0400. The van der Waals surface area contributed by atoms with Crippen LogP contribution in [0.3, 0.4) is 0 Å². The molecule has 0 bridgehead atoms. The Labute approximate surface area is 196 Å². The van der Waals surface area contributed by atoms with Gasteiger partial charge in [-0.1, -0.05) is 62.4 Å². The molecule has 1 aromatic carbocycles. The number of fused-ring (bicyclic) bond motifs is 3. The van der Waals surface area contributed by atoms with Gasteiger partial charge in [-0.25, -0.2) is 4.79 Å². The van der Waals surface area contributed by atoms with Crippen LogP contribution in [-0.4, -0.2) is 36.5 Å². The van der Waals surface area contributed by atoms with E-state index in [-0.39, 0.29) is 29.5 Å². The van der Waals surface area contributed by atoms with Gasteiger partial charge in [0.25, 0.3) is 0 Å². The van der Waals surface area contributed by atoms with Crippen molar-refractivity contribution in [2.24, 2.45) is 22.7 Å². The topological polar surface area (TPSA) is 65.0 Å². The van der Waals surface area contributed by atoms with E-state index in [9.17, 15) is 9.90 Å². The summed E-state index contributed by atoms with van der Waals surface area (Å²) in [6.45, 7) is 11.9. The van der Waals surface area contributed by atoms with Crippen LogP contribution in [0.1, 0.15) is 58.4 Å². The zero-order chi connectivity index (χ0) is 23.4. The summed E-state index contributed by atoms with van der Waals surface area (Å²) in [4.78, 5) is 12.0. The number of esters is 1. The molecule has 2 saturated carbocycles. The Hall–Kier alpha value is -1.95. The minimum atomic E-state index is -0.818. The van der Waals surface area contributed by atoms with Crippen molar-refractivity contribution in [1.29, 1.82) is 0 Å². The first kappa shape index (κ1) is 22.8. The number of rotatable bonds is 3. The van der Waals surface area contributed by atoms with Crippen LogP contribution in [0, 0.1) is 22.7 Å². The molecule has 33 heavy (non-hydrogen) atoms. The first-order valence-corrected chi connectivity index (χ1v) is 12.3. The van der Waals surface area contributed by atoms with Gasteiger partial charge >= 0.3 is 5.97 Å². The maximum Gasteiger partial charge on any atom is 0.336 e. The number of carbonyl (C=O) groups excluding carboxylic acids is 1. The molecule has 5 nitrogen and oxygen atoms in total. The molecule has 7 atom stereocenters. The maximum absolute atomic E-state index is 12.0. The second kappa shape index (κ2) is 8.07. The fourth-order valence-corrected chi connectivity index (χ4v) is 7.21. The van der Waals surface area contributed by atoms with Gasteiger partial charge in [0.05, 0.1) is 18.3 Å². The van der Waals surface area contributed by atoms with Crippen molar-refractivity contribution in [3.05, 3.63) is 59.7 Å². The van der Waals surface area contributed by atoms with Crippen molar-refractivity contribution in [1.82, 2.24) is 0 Å². The third kappa shape index (κ3) is 3.60. The number of aliphatic hydroxyl groups is 1. The molecule has 0 aromatic heterocycles. The summed E-state index contributed by atoms with van der Waals surface area (Å²) in [5.41, 5.74) is 2.66. The molecule has 1 unspecified atom stereocenters. The van der Waals surface area contributed by atoms with E-state index in [1.807, 2.05) is 31.2 Å². The number of carbonyl (C=O) groups is 1. The summed E-state index contributed by atoms with van der Waals surface area (Å²) in [7, 11) is 0. The van der Waals surface area contributed by atoms with E-state index in [2.05, 4.69) is 32.6 Å². The molecule has 0 radical (unpaired) electrons. The molecular formula is C28H36O5. The van der Waals surface area contributed by atoms with Gasteiger partial charge in [0.15, 0.2) is 5.79 Å². The van der Waals surface area contributed by atoms with Gasteiger partial charge < -0.3 is 19.3 Å². The van der Waals surface area contributed by atoms with Crippen LogP contribution in [0.25, 0.3) is 0 Å². The lowest BCUT2D eigenvalue weighted by atomic mass is 9.46. The van der Waals surface area contributed by atoms with Crippen LogP contribution in [0.2, 0.25) is 0 Å². The Morgan fingerprint density at radius 3 is 2.61 bits per heavy atom. The molecule has 2 saturated heterocycles. The Morgan fingerprint density at radius 1 is 1.15 bits per heavy atom. The highest BCUT2D eigenvalue weighted by atomic mass is 16.7. The van der Waals surface area contributed by atoms with Gasteiger partial charge in [0.1, 0.15) is 12.7 Å². The summed E-state index contributed by atoms with van der Waals surface area (Å²) in [5.74, 6) is -0.432. The molecular weight excluding hydrogens is 416 g/mol. The standard InChI is InChI=1S/C28H36O5/c1-18-10-13-23-26(2,21(18)12-11-20-22(29)16-31-25(20)30)15-14-24-27(23,3)17-32-28(4,33-24)19-8-6-5-7-9-19/h5-9,11,21-24,29H,1,10,12-17H2,2-4H3/b20-11+/t21-,22+,23?,24+,26+,27-,28-/m0/s1. The van der Waals surface area contributed by atoms with Gasteiger partial charge in [-0.3, -0.25) is 0 Å². The first-order valence-electron chi connectivity index (χ1n) is 12.3. The molecule has 178 valence electrons. The number of hydrogen-bond acceptors (Lipinski definition) is 5. The average Bonchev–Trinajstić information content (AvgIpc) is 3.12. The molecule has 0 spiro atoms. The summed E-state index contributed by atoms with van der Waals surface area (Å²) < 4.78 is 18.2. The van der Waals surface area contributed by atoms with Crippen molar-refractivity contribution < 1.29 is 24.1 Å². The molecule has 5 rings (SSSR count). The molecule has 0 amide bonds. The molecule has 5 heteroatoms. The number of allylic oxidation sites excluding steroid dienone is 2. The highest BCUT2D eigenvalue weighted by molar-refractivity contribution is 5.91. The summed E-state index contributed by atoms with van der Waals surface area (Å²) in [6, 6.07) is 10.2.